The summed E-state index contributed by atoms with van der Waals surface area (Å²) in [6, 6.07) is 15.0. The summed E-state index contributed by atoms with van der Waals surface area (Å²) in [5.74, 6) is 0. The Morgan fingerprint density at radius 3 is 2.65 bits per heavy atom. The van der Waals surface area contributed by atoms with Gasteiger partial charge < -0.3 is 5.32 Å². The molecule has 1 N–H and O–H groups in total. The van der Waals surface area contributed by atoms with Gasteiger partial charge in [0.2, 0.25) is 0 Å². The maximum atomic E-state index is 6.00. The number of rotatable bonds is 5. The fraction of sp³-hybridized carbons (Fsp3) is 0.294. The smallest absolute Gasteiger partial charge is 0.0548 e. The van der Waals surface area contributed by atoms with Crippen molar-refractivity contribution in [1.29, 1.82) is 0 Å². The summed E-state index contributed by atoms with van der Waals surface area (Å²) in [5.41, 5.74) is 4.00. The van der Waals surface area contributed by atoms with Crippen molar-refractivity contribution in [2.45, 2.75) is 32.9 Å². The standard InChI is InChI=1S/C17H19BrClN/c1-12-5-3-4-6-15(12)9-13(2)20-11-14-7-8-17(19)16(18)10-14/h3-8,10,13,20H,9,11H2,1-2H3. The Bertz CT molecular complexity index is 583. The third-order valence-corrected chi connectivity index (χ3v) is 4.64. The first-order chi connectivity index (χ1) is 9.56. The third kappa shape index (κ3) is 4.34. The lowest BCUT2D eigenvalue weighted by Crippen LogP contribution is -2.27. The average molecular weight is 353 g/mol. The van der Waals surface area contributed by atoms with Gasteiger partial charge in [-0.15, -0.1) is 0 Å². The van der Waals surface area contributed by atoms with Gasteiger partial charge in [0.15, 0.2) is 0 Å². The fourth-order valence-corrected chi connectivity index (χ4v) is 2.73. The van der Waals surface area contributed by atoms with E-state index in [0.29, 0.717) is 6.04 Å². The normalized spacial score (nSPS) is 12.4. The van der Waals surface area contributed by atoms with Crippen LogP contribution in [0.3, 0.4) is 0 Å². The van der Waals surface area contributed by atoms with Crippen LogP contribution in [0.4, 0.5) is 0 Å². The maximum absolute atomic E-state index is 6.00. The zero-order chi connectivity index (χ0) is 14.5. The van der Waals surface area contributed by atoms with Crippen molar-refractivity contribution in [2.24, 2.45) is 0 Å². The monoisotopic (exact) mass is 351 g/mol. The molecule has 0 aliphatic rings. The topological polar surface area (TPSA) is 12.0 Å². The summed E-state index contributed by atoms with van der Waals surface area (Å²) in [4.78, 5) is 0. The van der Waals surface area contributed by atoms with Crippen LogP contribution in [0.1, 0.15) is 23.6 Å². The second-order valence-electron chi connectivity index (χ2n) is 5.16. The van der Waals surface area contributed by atoms with Crippen molar-refractivity contribution in [3.63, 3.8) is 0 Å². The molecule has 0 aromatic heterocycles. The van der Waals surface area contributed by atoms with Gasteiger partial charge in [0.1, 0.15) is 0 Å². The molecule has 0 aliphatic heterocycles. The maximum Gasteiger partial charge on any atom is 0.0548 e. The lowest BCUT2D eigenvalue weighted by molar-refractivity contribution is 0.544. The molecule has 2 aromatic rings. The molecule has 0 spiro atoms. The van der Waals surface area contributed by atoms with Crippen LogP contribution in [0.2, 0.25) is 5.02 Å². The zero-order valence-corrected chi connectivity index (χ0v) is 14.1. The number of benzene rings is 2. The Kier molecular flexibility index (Phi) is 5.64. The molecule has 0 saturated heterocycles. The molecule has 0 fully saturated rings. The van der Waals surface area contributed by atoms with Crippen molar-refractivity contribution < 1.29 is 0 Å². The van der Waals surface area contributed by atoms with E-state index >= 15 is 0 Å². The van der Waals surface area contributed by atoms with Crippen molar-refractivity contribution >= 4 is 27.5 Å². The third-order valence-electron chi connectivity index (χ3n) is 3.43. The van der Waals surface area contributed by atoms with E-state index in [4.69, 9.17) is 11.6 Å². The molecule has 0 heterocycles. The molecular formula is C17H19BrClN. The lowest BCUT2D eigenvalue weighted by atomic mass is 10.0. The second-order valence-corrected chi connectivity index (χ2v) is 6.42. The van der Waals surface area contributed by atoms with Crippen LogP contribution in [0, 0.1) is 6.92 Å². The van der Waals surface area contributed by atoms with Crippen LogP contribution in [-0.2, 0) is 13.0 Å². The Morgan fingerprint density at radius 1 is 1.20 bits per heavy atom. The lowest BCUT2D eigenvalue weighted by Gasteiger charge is -2.15. The van der Waals surface area contributed by atoms with Crippen molar-refractivity contribution in [2.75, 3.05) is 0 Å². The fourth-order valence-electron chi connectivity index (χ4n) is 2.18. The SMILES string of the molecule is Cc1ccccc1CC(C)NCc1ccc(Cl)c(Br)c1. The molecule has 0 aliphatic carbocycles. The predicted octanol–water partition coefficient (Wildman–Crippen LogP) is 5.13. The van der Waals surface area contributed by atoms with E-state index in [-0.39, 0.29) is 0 Å². The summed E-state index contributed by atoms with van der Waals surface area (Å²) >= 11 is 9.46. The van der Waals surface area contributed by atoms with E-state index in [1.54, 1.807) is 0 Å². The molecule has 0 saturated carbocycles. The van der Waals surface area contributed by atoms with Crippen molar-refractivity contribution in [1.82, 2.24) is 5.32 Å². The number of hydrogen-bond donors (Lipinski definition) is 1. The molecule has 20 heavy (non-hydrogen) atoms. The van der Waals surface area contributed by atoms with Crippen LogP contribution in [0.5, 0.6) is 0 Å². The van der Waals surface area contributed by atoms with Gasteiger partial charge >= 0.3 is 0 Å². The van der Waals surface area contributed by atoms with Crippen molar-refractivity contribution in [3.05, 3.63) is 68.7 Å². The first-order valence-corrected chi connectivity index (χ1v) is 7.95. The summed E-state index contributed by atoms with van der Waals surface area (Å²) in [6.45, 7) is 5.23. The highest BCUT2D eigenvalue weighted by Crippen LogP contribution is 2.23. The van der Waals surface area contributed by atoms with Gasteiger partial charge in [-0.25, -0.2) is 0 Å². The predicted molar refractivity (Wildman–Crippen MR) is 90.3 cm³/mol. The van der Waals surface area contributed by atoms with Gasteiger partial charge in [-0.3, -0.25) is 0 Å². The van der Waals surface area contributed by atoms with Gasteiger partial charge in [-0.1, -0.05) is 41.9 Å². The number of halogens is 2. The molecule has 3 heteroatoms. The minimum Gasteiger partial charge on any atom is -0.310 e. The van der Waals surface area contributed by atoms with Gasteiger partial charge in [0, 0.05) is 17.1 Å². The molecule has 0 radical (unpaired) electrons. The van der Waals surface area contributed by atoms with Gasteiger partial charge in [0.05, 0.1) is 5.02 Å². The number of hydrogen-bond acceptors (Lipinski definition) is 1. The highest BCUT2D eigenvalue weighted by Gasteiger charge is 2.06. The largest absolute Gasteiger partial charge is 0.310 e. The number of nitrogens with one attached hydrogen (secondary N) is 1. The van der Waals surface area contributed by atoms with Gasteiger partial charge in [-0.2, -0.15) is 0 Å². The van der Waals surface area contributed by atoms with E-state index < -0.39 is 0 Å². The van der Waals surface area contributed by atoms with E-state index in [1.165, 1.54) is 16.7 Å². The Hall–Kier alpha value is -0.830. The molecule has 2 aromatic carbocycles. The van der Waals surface area contributed by atoms with E-state index in [9.17, 15) is 0 Å². The summed E-state index contributed by atoms with van der Waals surface area (Å²) < 4.78 is 0.949. The Morgan fingerprint density at radius 2 is 1.95 bits per heavy atom. The number of aryl methyl sites for hydroxylation is 1. The minimum atomic E-state index is 0.436. The first-order valence-electron chi connectivity index (χ1n) is 6.78. The Labute approximate surface area is 134 Å². The van der Waals surface area contributed by atoms with Crippen LogP contribution in [0.25, 0.3) is 0 Å². The van der Waals surface area contributed by atoms with E-state index in [0.717, 1.165) is 22.5 Å². The van der Waals surface area contributed by atoms with Crippen LogP contribution in [0.15, 0.2) is 46.9 Å². The molecule has 0 amide bonds. The summed E-state index contributed by atoms with van der Waals surface area (Å²) in [6.07, 6.45) is 1.04. The molecule has 1 atom stereocenters. The zero-order valence-electron chi connectivity index (χ0n) is 11.8. The van der Waals surface area contributed by atoms with E-state index in [2.05, 4.69) is 71.5 Å². The second kappa shape index (κ2) is 7.26. The van der Waals surface area contributed by atoms with Crippen molar-refractivity contribution in [3.8, 4) is 0 Å². The Balaban J connectivity index is 1.90. The highest BCUT2D eigenvalue weighted by molar-refractivity contribution is 9.10. The van der Waals surface area contributed by atoms with Crippen LogP contribution < -0.4 is 5.32 Å². The van der Waals surface area contributed by atoms with Crippen LogP contribution >= 0.6 is 27.5 Å². The molecular weight excluding hydrogens is 334 g/mol. The molecule has 2 rings (SSSR count). The molecule has 1 nitrogen and oxygen atoms in total. The van der Waals surface area contributed by atoms with E-state index in [1.807, 2.05) is 6.07 Å². The van der Waals surface area contributed by atoms with Crippen LogP contribution in [-0.4, -0.2) is 6.04 Å². The highest BCUT2D eigenvalue weighted by atomic mass is 79.9. The quantitative estimate of drug-likeness (QED) is 0.786. The average Bonchev–Trinajstić information content (AvgIpc) is 2.43. The minimum absolute atomic E-state index is 0.436. The molecule has 0 bridgehead atoms. The summed E-state index contributed by atoms with van der Waals surface area (Å²) in [7, 11) is 0. The van der Waals surface area contributed by atoms with Gasteiger partial charge in [-0.05, 0) is 65.0 Å². The molecule has 1 unspecified atom stereocenters. The molecule has 106 valence electrons. The summed E-state index contributed by atoms with van der Waals surface area (Å²) in [5, 5.41) is 4.31. The first kappa shape index (κ1) is 15.6. The van der Waals surface area contributed by atoms with Gasteiger partial charge in [0.25, 0.3) is 0 Å².